The van der Waals surface area contributed by atoms with Crippen LogP contribution in [0.5, 0.6) is 0 Å². The molecule has 4 aromatic rings. The molecule has 1 N–H and O–H groups in total. The molecule has 0 atom stereocenters. The number of aromatic nitrogens is 1. The summed E-state index contributed by atoms with van der Waals surface area (Å²) in [4.78, 5) is 23.9. The Morgan fingerprint density at radius 3 is 2.36 bits per heavy atom. The average molecular weight is 331 g/mol. The van der Waals surface area contributed by atoms with Gasteiger partial charge < -0.3 is 9.52 Å². The minimum absolute atomic E-state index is 0.105. The number of oxazole rings is 1. The van der Waals surface area contributed by atoms with E-state index < -0.39 is 11.7 Å². The van der Waals surface area contributed by atoms with Crippen molar-refractivity contribution in [3.05, 3.63) is 88.9 Å². The molecule has 0 bridgehead atoms. The first kappa shape index (κ1) is 15.0. The fourth-order valence-electron chi connectivity index (χ4n) is 2.87. The minimum Gasteiger partial charge on any atom is -0.478 e. The topological polar surface area (TPSA) is 72.4 Å². The summed E-state index contributed by atoms with van der Waals surface area (Å²) in [7, 11) is 0. The van der Waals surface area contributed by atoms with Crippen LogP contribution < -0.4 is 5.76 Å². The standard InChI is InChI=1S/C20H13NO4/c22-19(23)15-10-14(13-6-2-1-3-7-13)11-16(12-15)21-17-8-4-5-9-18(17)25-20(21)24/h1-12H,(H,22,23). The first-order chi connectivity index (χ1) is 12.1. The lowest BCUT2D eigenvalue weighted by molar-refractivity contribution is 0.0697. The van der Waals surface area contributed by atoms with Crippen LogP contribution >= 0.6 is 0 Å². The third kappa shape index (κ3) is 2.61. The van der Waals surface area contributed by atoms with Gasteiger partial charge in [0.1, 0.15) is 0 Å². The number of nitrogens with zero attached hydrogens (tertiary/aromatic N) is 1. The largest absolute Gasteiger partial charge is 0.478 e. The lowest BCUT2D eigenvalue weighted by Crippen LogP contribution is -2.12. The number of carboxylic acids is 1. The smallest absolute Gasteiger partial charge is 0.424 e. The number of carboxylic acid groups (broad SMARTS) is 1. The minimum atomic E-state index is -1.06. The molecule has 0 saturated heterocycles. The lowest BCUT2D eigenvalue weighted by atomic mass is 10.0. The van der Waals surface area contributed by atoms with Gasteiger partial charge in [0.05, 0.1) is 16.8 Å². The molecule has 0 amide bonds. The van der Waals surface area contributed by atoms with E-state index in [1.54, 1.807) is 36.4 Å². The molecule has 4 rings (SSSR count). The summed E-state index contributed by atoms with van der Waals surface area (Å²) in [6, 6.07) is 21.3. The quantitative estimate of drug-likeness (QED) is 0.617. The molecule has 0 saturated carbocycles. The van der Waals surface area contributed by atoms with Crippen LogP contribution in [0.1, 0.15) is 10.4 Å². The Hall–Kier alpha value is -3.60. The van der Waals surface area contributed by atoms with Gasteiger partial charge in [0.25, 0.3) is 0 Å². The van der Waals surface area contributed by atoms with E-state index in [1.807, 2.05) is 30.3 Å². The van der Waals surface area contributed by atoms with Crippen LogP contribution in [0, 0.1) is 0 Å². The molecule has 0 aliphatic heterocycles. The molecule has 1 heterocycles. The van der Waals surface area contributed by atoms with Crippen molar-refractivity contribution in [2.75, 3.05) is 0 Å². The maximum atomic E-state index is 12.3. The molecule has 5 nitrogen and oxygen atoms in total. The highest BCUT2D eigenvalue weighted by atomic mass is 16.4. The number of rotatable bonds is 3. The van der Waals surface area contributed by atoms with Crippen molar-refractivity contribution >= 4 is 17.1 Å². The van der Waals surface area contributed by atoms with Crippen molar-refractivity contribution in [1.29, 1.82) is 0 Å². The Labute approximate surface area is 142 Å². The summed E-state index contributed by atoms with van der Waals surface area (Å²) in [5.41, 5.74) is 3.19. The third-order valence-corrected chi connectivity index (χ3v) is 4.02. The van der Waals surface area contributed by atoms with E-state index in [-0.39, 0.29) is 5.56 Å². The van der Waals surface area contributed by atoms with Crippen molar-refractivity contribution in [2.45, 2.75) is 0 Å². The third-order valence-electron chi connectivity index (χ3n) is 4.02. The van der Waals surface area contributed by atoms with Gasteiger partial charge in [-0.2, -0.15) is 0 Å². The van der Waals surface area contributed by atoms with E-state index in [0.717, 1.165) is 5.56 Å². The van der Waals surface area contributed by atoms with E-state index in [9.17, 15) is 14.7 Å². The molecule has 0 aliphatic rings. The molecule has 25 heavy (non-hydrogen) atoms. The van der Waals surface area contributed by atoms with Crippen LogP contribution in [0.3, 0.4) is 0 Å². The molecule has 1 aromatic heterocycles. The molecule has 3 aromatic carbocycles. The Bertz CT molecular complexity index is 1140. The number of fused-ring (bicyclic) bond motifs is 1. The van der Waals surface area contributed by atoms with Gasteiger partial charge in [-0.1, -0.05) is 42.5 Å². The SMILES string of the molecule is O=C(O)c1cc(-c2ccccc2)cc(-n2c(=O)oc3ccccc32)c1. The van der Waals surface area contributed by atoms with Gasteiger partial charge in [-0.3, -0.25) is 0 Å². The first-order valence-corrected chi connectivity index (χ1v) is 7.68. The Morgan fingerprint density at radius 2 is 1.60 bits per heavy atom. The maximum Gasteiger partial charge on any atom is 0.424 e. The number of aromatic carboxylic acids is 1. The summed E-state index contributed by atoms with van der Waals surface area (Å²) in [5.74, 6) is -1.61. The first-order valence-electron chi connectivity index (χ1n) is 7.68. The number of benzene rings is 3. The van der Waals surface area contributed by atoms with E-state index in [2.05, 4.69) is 0 Å². The highest BCUT2D eigenvalue weighted by Crippen LogP contribution is 2.26. The van der Waals surface area contributed by atoms with Crippen LogP contribution in [0.25, 0.3) is 27.9 Å². The molecule has 0 fully saturated rings. The van der Waals surface area contributed by atoms with Crippen LogP contribution in [0.4, 0.5) is 0 Å². The molecular formula is C20H13NO4. The average Bonchev–Trinajstić information content (AvgIpc) is 2.97. The van der Waals surface area contributed by atoms with Crippen LogP contribution in [0.15, 0.2) is 82.0 Å². The highest BCUT2D eigenvalue weighted by molar-refractivity contribution is 5.91. The second kappa shape index (κ2) is 5.79. The fourth-order valence-corrected chi connectivity index (χ4v) is 2.87. The van der Waals surface area contributed by atoms with E-state index in [1.165, 1.54) is 10.6 Å². The van der Waals surface area contributed by atoms with Gasteiger partial charge in [-0.15, -0.1) is 0 Å². The van der Waals surface area contributed by atoms with Gasteiger partial charge in [-0.25, -0.2) is 14.2 Å². The predicted octanol–water partition coefficient (Wildman–Crippen LogP) is 3.95. The lowest BCUT2D eigenvalue weighted by Gasteiger charge is -2.09. The van der Waals surface area contributed by atoms with Crippen molar-refractivity contribution < 1.29 is 14.3 Å². The second-order valence-electron chi connectivity index (χ2n) is 5.61. The fraction of sp³-hybridized carbons (Fsp3) is 0. The number of hydrogen-bond donors (Lipinski definition) is 1. The van der Waals surface area contributed by atoms with E-state index in [0.29, 0.717) is 22.4 Å². The molecule has 0 unspecified atom stereocenters. The summed E-state index contributed by atoms with van der Waals surface area (Å²) in [6.45, 7) is 0. The van der Waals surface area contributed by atoms with Crippen LogP contribution in [-0.4, -0.2) is 15.6 Å². The van der Waals surface area contributed by atoms with Crippen LogP contribution in [0.2, 0.25) is 0 Å². The van der Waals surface area contributed by atoms with Gasteiger partial charge in [-0.05, 0) is 41.5 Å². The second-order valence-corrected chi connectivity index (χ2v) is 5.61. The summed E-state index contributed by atoms with van der Waals surface area (Å²) < 4.78 is 6.64. The Morgan fingerprint density at radius 1 is 0.880 bits per heavy atom. The molecule has 122 valence electrons. The maximum absolute atomic E-state index is 12.3. The summed E-state index contributed by atoms with van der Waals surface area (Å²) >= 11 is 0. The van der Waals surface area contributed by atoms with Crippen molar-refractivity contribution in [3.8, 4) is 16.8 Å². The number of para-hydroxylation sites is 2. The van der Waals surface area contributed by atoms with Gasteiger partial charge in [0.15, 0.2) is 5.58 Å². The van der Waals surface area contributed by atoms with Crippen molar-refractivity contribution in [2.24, 2.45) is 0 Å². The molecule has 0 radical (unpaired) electrons. The Kier molecular flexibility index (Phi) is 3.47. The van der Waals surface area contributed by atoms with E-state index >= 15 is 0 Å². The molecule has 0 aliphatic carbocycles. The van der Waals surface area contributed by atoms with Gasteiger partial charge in [0.2, 0.25) is 0 Å². The highest BCUT2D eigenvalue weighted by Gasteiger charge is 2.15. The number of hydrogen-bond acceptors (Lipinski definition) is 3. The van der Waals surface area contributed by atoms with Gasteiger partial charge in [0, 0.05) is 0 Å². The molecule has 5 heteroatoms. The Balaban J connectivity index is 2.01. The number of carbonyl (C=O) groups is 1. The van der Waals surface area contributed by atoms with Crippen molar-refractivity contribution in [1.82, 2.24) is 4.57 Å². The zero-order valence-electron chi connectivity index (χ0n) is 13.0. The zero-order chi connectivity index (χ0) is 17.4. The predicted molar refractivity (Wildman–Crippen MR) is 94.2 cm³/mol. The van der Waals surface area contributed by atoms with Crippen molar-refractivity contribution in [3.63, 3.8) is 0 Å². The summed E-state index contributed by atoms with van der Waals surface area (Å²) in [5, 5.41) is 9.45. The van der Waals surface area contributed by atoms with Crippen LogP contribution in [-0.2, 0) is 0 Å². The monoisotopic (exact) mass is 331 g/mol. The zero-order valence-corrected chi connectivity index (χ0v) is 13.0. The van der Waals surface area contributed by atoms with E-state index in [4.69, 9.17) is 4.42 Å². The molecular weight excluding hydrogens is 318 g/mol. The van der Waals surface area contributed by atoms with Gasteiger partial charge >= 0.3 is 11.7 Å². The normalized spacial score (nSPS) is 10.9. The molecule has 0 spiro atoms. The summed E-state index contributed by atoms with van der Waals surface area (Å²) in [6.07, 6.45) is 0.